The summed E-state index contributed by atoms with van der Waals surface area (Å²) in [6, 6.07) is 26.1. The number of nitrogens with one attached hydrogen (secondary N) is 3. The lowest BCUT2D eigenvalue weighted by Gasteiger charge is -2.47. The van der Waals surface area contributed by atoms with E-state index in [1.807, 2.05) is 18.2 Å². The van der Waals surface area contributed by atoms with Crippen LogP contribution in [0, 0.1) is 0 Å². The minimum atomic E-state index is -2.71. The van der Waals surface area contributed by atoms with Gasteiger partial charge in [0.1, 0.15) is 6.04 Å². The maximum Gasteiger partial charge on any atom is 0.280 e. The fourth-order valence-corrected chi connectivity index (χ4v) is 14.2. The Morgan fingerprint density at radius 1 is 0.981 bits per heavy atom. The third kappa shape index (κ3) is 7.92. The van der Waals surface area contributed by atoms with Gasteiger partial charge < -0.3 is 25.2 Å². The standard InChI is InChI=1S/C41H50BClN6O3SSi/c1-40(2,3)54(29-12-8-6-9-13-29,30-14-10-7-11-15-30)52-26-41(4,5)48-20-18-33-36(25-48)53-39(47-33)38(51)46-35-24-49(42)21-19-32(35)45-37(50)34-23-27-22-28(43)16-17-31(27)44-34/h6-17,22,32,34-35,44H,18-21,23-26H2,1-5H3,(H,45,50)(H,46,51)/t32-,34?,35+/m0/s1. The van der Waals surface area contributed by atoms with E-state index in [0.717, 1.165) is 34.8 Å². The molecule has 13 heteroatoms. The van der Waals surface area contributed by atoms with Gasteiger partial charge in [-0.2, -0.15) is 0 Å². The molecule has 1 saturated heterocycles. The van der Waals surface area contributed by atoms with E-state index in [1.165, 1.54) is 21.7 Å². The van der Waals surface area contributed by atoms with Gasteiger partial charge in [0.25, 0.3) is 14.2 Å². The molecule has 2 amide bonds. The third-order valence-electron chi connectivity index (χ3n) is 11.3. The van der Waals surface area contributed by atoms with Crippen LogP contribution in [0.3, 0.4) is 0 Å². The Morgan fingerprint density at radius 2 is 1.67 bits per heavy atom. The fraction of sp³-hybridized carbons (Fsp3) is 0.439. The summed E-state index contributed by atoms with van der Waals surface area (Å²) in [7, 11) is 3.51. The Morgan fingerprint density at radius 3 is 2.33 bits per heavy atom. The molecule has 0 aliphatic carbocycles. The number of rotatable bonds is 10. The highest BCUT2D eigenvalue weighted by Gasteiger charge is 2.51. The lowest BCUT2D eigenvalue weighted by atomic mass is 9.96. The molecule has 0 spiro atoms. The second-order valence-corrected chi connectivity index (χ2v) is 22.3. The molecular formula is C41H50BClN6O3SSi. The zero-order valence-corrected chi connectivity index (χ0v) is 34.4. The Bertz CT molecular complexity index is 1940. The van der Waals surface area contributed by atoms with Crippen molar-refractivity contribution in [2.24, 2.45) is 0 Å². The van der Waals surface area contributed by atoms with Crippen LogP contribution >= 0.6 is 22.9 Å². The summed E-state index contributed by atoms with van der Waals surface area (Å²) in [4.78, 5) is 37.3. The summed E-state index contributed by atoms with van der Waals surface area (Å²) >= 11 is 7.64. The normalized spacial score (nSPS) is 20.8. The number of carbonyl (C=O) groups excluding carboxylic acids is 2. The van der Waals surface area contributed by atoms with Crippen LogP contribution in [0.25, 0.3) is 0 Å². The molecule has 9 nitrogen and oxygen atoms in total. The van der Waals surface area contributed by atoms with Crippen molar-refractivity contribution in [3.05, 3.63) is 105 Å². The van der Waals surface area contributed by atoms with Crippen LogP contribution in [0.5, 0.6) is 0 Å². The number of hydrogen-bond acceptors (Lipinski definition) is 8. The topological polar surface area (TPSA) is 98.8 Å². The second kappa shape index (κ2) is 15.6. The molecule has 0 saturated carbocycles. The molecule has 3 aliphatic heterocycles. The van der Waals surface area contributed by atoms with Gasteiger partial charge in [-0.05, 0) is 66.0 Å². The van der Waals surface area contributed by atoms with Gasteiger partial charge in [0.15, 0.2) is 13.0 Å². The van der Waals surface area contributed by atoms with Gasteiger partial charge in [0.05, 0.1) is 24.4 Å². The highest BCUT2D eigenvalue weighted by molar-refractivity contribution is 7.13. The number of piperidine rings is 1. The molecule has 4 heterocycles. The van der Waals surface area contributed by atoms with E-state index in [9.17, 15) is 9.59 Å². The molecule has 3 aromatic carbocycles. The van der Waals surface area contributed by atoms with Crippen molar-refractivity contribution in [1.82, 2.24) is 25.3 Å². The molecule has 4 aromatic rings. The summed E-state index contributed by atoms with van der Waals surface area (Å²) in [6.07, 6.45) is 1.92. The van der Waals surface area contributed by atoms with Crippen molar-refractivity contribution in [1.29, 1.82) is 0 Å². The Balaban J connectivity index is 1.02. The van der Waals surface area contributed by atoms with Gasteiger partial charge in [0, 0.05) is 53.6 Å². The average molecular weight is 781 g/mol. The summed E-state index contributed by atoms with van der Waals surface area (Å²) in [5.41, 5.74) is 2.64. The first-order chi connectivity index (χ1) is 25.7. The van der Waals surface area contributed by atoms with E-state index >= 15 is 0 Å². The maximum atomic E-state index is 13.8. The summed E-state index contributed by atoms with van der Waals surface area (Å²) in [6.45, 7) is 14.5. The number of thiazole rings is 1. The Hall–Kier alpha value is -3.52. The number of hydrogen-bond donors (Lipinski definition) is 3. The van der Waals surface area contributed by atoms with Crippen molar-refractivity contribution in [2.45, 2.75) is 89.1 Å². The van der Waals surface area contributed by atoms with E-state index in [4.69, 9.17) is 29.0 Å². The number of amides is 2. The number of fused-ring (bicyclic) bond motifs is 2. The van der Waals surface area contributed by atoms with Gasteiger partial charge in [-0.3, -0.25) is 14.5 Å². The minimum absolute atomic E-state index is 0.108. The van der Waals surface area contributed by atoms with E-state index < -0.39 is 14.4 Å². The van der Waals surface area contributed by atoms with Gasteiger partial charge in [-0.15, -0.1) is 11.3 Å². The SMILES string of the molecule is [B]N1CC[C@H](NC(=O)C2Cc3cc(Cl)ccc3N2)[C@H](NC(=O)c2nc3c(s2)CN(C(C)(C)CO[Si](c2ccccc2)(c2ccccc2)C(C)(C)C)CC3)C1. The quantitative estimate of drug-likeness (QED) is 0.197. The third-order valence-corrected chi connectivity index (χ3v) is 17.6. The largest absolute Gasteiger partial charge is 0.406 e. The number of carbonyl (C=O) groups is 2. The minimum Gasteiger partial charge on any atom is -0.406 e. The van der Waals surface area contributed by atoms with Crippen LogP contribution in [0.2, 0.25) is 10.1 Å². The number of benzene rings is 3. The molecule has 7 rings (SSSR count). The van der Waals surface area contributed by atoms with Gasteiger partial charge in [-0.1, -0.05) is 93.0 Å². The first kappa shape index (κ1) is 38.7. The molecule has 2 radical (unpaired) electrons. The van der Waals surface area contributed by atoms with Gasteiger partial charge in [-0.25, -0.2) is 4.98 Å². The van der Waals surface area contributed by atoms with Crippen molar-refractivity contribution >= 4 is 67.1 Å². The predicted molar refractivity (Wildman–Crippen MR) is 222 cm³/mol. The molecule has 1 aromatic heterocycles. The summed E-state index contributed by atoms with van der Waals surface area (Å²) in [5.74, 6) is -0.348. The van der Waals surface area contributed by atoms with Crippen molar-refractivity contribution < 1.29 is 14.0 Å². The molecule has 3 aliphatic rings. The summed E-state index contributed by atoms with van der Waals surface area (Å²) in [5, 5.41) is 13.2. The number of nitrogens with zero attached hydrogens (tertiary/aromatic N) is 3. The molecule has 3 N–H and O–H groups in total. The lowest BCUT2D eigenvalue weighted by molar-refractivity contribution is -0.122. The molecule has 54 heavy (non-hydrogen) atoms. The molecule has 1 unspecified atom stereocenters. The van der Waals surface area contributed by atoms with Crippen molar-refractivity contribution in [2.75, 3.05) is 31.6 Å². The maximum absolute atomic E-state index is 13.8. The predicted octanol–water partition coefficient (Wildman–Crippen LogP) is 4.92. The fourth-order valence-electron chi connectivity index (χ4n) is 8.25. The van der Waals surface area contributed by atoms with E-state index in [0.29, 0.717) is 49.1 Å². The van der Waals surface area contributed by atoms with Crippen molar-refractivity contribution in [3.63, 3.8) is 0 Å². The van der Waals surface area contributed by atoms with Crippen LogP contribution < -0.4 is 26.3 Å². The molecule has 0 bridgehead atoms. The van der Waals surface area contributed by atoms with Crippen LogP contribution in [-0.4, -0.2) is 92.7 Å². The first-order valence-corrected chi connectivity index (χ1v) is 22.0. The van der Waals surface area contributed by atoms with Crippen LogP contribution in [0.15, 0.2) is 78.9 Å². The highest BCUT2D eigenvalue weighted by Crippen LogP contribution is 2.38. The number of halogens is 1. The first-order valence-electron chi connectivity index (χ1n) is 18.9. The van der Waals surface area contributed by atoms with Crippen molar-refractivity contribution in [3.8, 4) is 0 Å². The Labute approximate surface area is 330 Å². The lowest BCUT2D eigenvalue weighted by Crippen LogP contribution is -2.68. The van der Waals surface area contributed by atoms with Crippen LogP contribution in [0.4, 0.5) is 5.69 Å². The zero-order chi connectivity index (χ0) is 38.3. The summed E-state index contributed by atoms with van der Waals surface area (Å²) < 4.78 is 7.37. The Kier molecular flexibility index (Phi) is 11.2. The molecular weight excluding hydrogens is 731 g/mol. The number of anilines is 1. The second-order valence-electron chi connectivity index (χ2n) is 16.5. The molecule has 282 valence electrons. The highest BCUT2D eigenvalue weighted by atomic mass is 35.5. The van der Waals surface area contributed by atoms with Gasteiger partial charge in [0.2, 0.25) is 5.91 Å². The van der Waals surface area contributed by atoms with E-state index in [2.05, 4.69) is 116 Å². The molecule has 3 atom stereocenters. The van der Waals surface area contributed by atoms with Crippen LogP contribution in [-0.2, 0) is 28.6 Å². The number of aromatic nitrogens is 1. The van der Waals surface area contributed by atoms with Gasteiger partial charge >= 0.3 is 0 Å². The van der Waals surface area contributed by atoms with E-state index in [-0.39, 0.29) is 34.5 Å². The molecule has 1 fully saturated rings. The zero-order valence-electron chi connectivity index (χ0n) is 31.8. The monoisotopic (exact) mass is 780 g/mol. The average Bonchev–Trinajstić information content (AvgIpc) is 3.78. The van der Waals surface area contributed by atoms with E-state index in [1.54, 1.807) is 4.81 Å². The van der Waals surface area contributed by atoms with Crippen LogP contribution in [0.1, 0.15) is 67.0 Å². The smallest absolute Gasteiger partial charge is 0.280 e.